The molecule has 17 heavy (non-hydrogen) atoms. The summed E-state index contributed by atoms with van der Waals surface area (Å²) in [4.78, 5) is 4.15. The third-order valence-corrected chi connectivity index (χ3v) is 3.51. The summed E-state index contributed by atoms with van der Waals surface area (Å²) in [5.74, 6) is 0. The Kier molecular flexibility index (Phi) is 3.09. The molecular formula is C11H11BrN2O2S. The summed E-state index contributed by atoms with van der Waals surface area (Å²) in [6.07, 6.45) is 1.15. The molecule has 90 valence electrons. The van der Waals surface area contributed by atoms with Gasteiger partial charge in [0.2, 0.25) is 15.0 Å². The highest BCUT2D eigenvalue weighted by Crippen LogP contribution is 2.21. The first-order valence-corrected chi connectivity index (χ1v) is 7.56. The van der Waals surface area contributed by atoms with Gasteiger partial charge in [-0.1, -0.05) is 34.6 Å². The minimum atomic E-state index is -3.35. The van der Waals surface area contributed by atoms with Gasteiger partial charge < -0.3 is 4.57 Å². The van der Waals surface area contributed by atoms with Gasteiger partial charge in [0.15, 0.2) is 0 Å². The van der Waals surface area contributed by atoms with E-state index in [9.17, 15) is 8.42 Å². The molecule has 0 amide bonds. The molecule has 0 aliphatic carbocycles. The van der Waals surface area contributed by atoms with Gasteiger partial charge in [-0.25, -0.2) is 13.4 Å². The highest BCUT2D eigenvalue weighted by atomic mass is 79.9. The number of fused-ring (bicyclic) bond motifs is 1. The Balaban J connectivity index is 2.78. The molecule has 6 heteroatoms. The fourth-order valence-electron chi connectivity index (χ4n) is 1.66. The number of para-hydroxylation sites is 2. The predicted octanol–water partition coefficient (Wildman–Crippen LogP) is 2.35. The lowest BCUT2D eigenvalue weighted by atomic mass is 10.3. The Morgan fingerprint density at radius 3 is 2.71 bits per heavy atom. The van der Waals surface area contributed by atoms with Gasteiger partial charge in [0, 0.05) is 10.7 Å². The second kappa shape index (κ2) is 4.27. The first kappa shape index (κ1) is 12.3. The van der Waals surface area contributed by atoms with Gasteiger partial charge in [-0.15, -0.1) is 0 Å². The maximum Gasteiger partial charge on any atom is 0.228 e. The summed E-state index contributed by atoms with van der Waals surface area (Å²) in [5.41, 5.74) is 1.45. The largest absolute Gasteiger partial charge is 0.310 e. The van der Waals surface area contributed by atoms with Crippen LogP contribution in [0.15, 0.2) is 40.5 Å². The first-order valence-electron chi connectivity index (χ1n) is 4.88. The van der Waals surface area contributed by atoms with Crippen LogP contribution >= 0.6 is 15.9 Å². The van der Waals surface area contributed by atoms with E-state index in [4.69, 9.17) is 0 Å². The lowest BCUT2D eigenvalue weighted by molar-refractivity contribution is 0.582. The molecule has 1 aromatic carbocycles. The third kappa shape index (κ3) is 2.42. The van der Waals surface area contributed by atoms with Gasteiger partial charge in [0.25, 0.3) is 0 Å². The van der Waals surface area contributed by atoms with Crippen LogP contribution in [0.3, 0.4) is 0 Å². The van der Waals surface area contributed by atoms with E-state index in [1.165, 1.54) is 0 Å². The molecule has 1 aromatic heterocycles. The zero-order valence-electron chi connectivity index (χ0n) is 9.22. The number of imidazole rings is 1. The molecule has 0 atom stereocenters. The number of sulfone groups is 1. The van der Waals surface area contributed by atoms with Gasteiger partial charge in [0.05, 0.1) is 17.6 Å². The Bertz CT molecular complexity index is 689. The SMILES string of the molecule is C=C(Br)Cn1c(S(C)(=O)=O)nc2ccccc21. The quantitative estimate of drug-likeness (QED) is 0.873. The molecule has 0 radical (unpaired) electrons. The summed E-state index contributed by atoms with van der Waals surface area (Å²) in [6.45, 7) is 4.11. The highest BCUT2D eigenvalue weighted by molar-refractivity contribution is 9.11. The van der Waals surface area contributed by atoms with Crippen LogP contribution in [0.1, 0.15) is 0 Å². The van der Waals surface area contributed by atoms with Crippen LogP contribution < -0.4 is 0 Å². The second-order valence-electron chi connectivity index (χ2n) is 3.76. The number of aromatic nitrogens is 2. The molecule has 2 rings (SSSR count). The summed E-state index contributed by atoms with van der Waals surface area (Å²) in [6, 6.07) is 7.31. The highest BCUT2D eigenvalue weighted by Gasteiger charge is 2.18. The van der Waals surface area contributed by atoms with Crippen LogP contribution in [0.5, 0.6) is 0 Å². The number of allylic oxidation sites excluding steroid dienone is 1. The summed E-state index contributed by atoms with van der Waals surface area (Å²) < 4.78 is 25.7. The van der Waals surface area contributed by atoms with E-state index in [0.29, 0.717) is 16.5 Å². The van der Waals surface area contributed by atoms with E-state index in [2.05, 4.69) is 27.5 Å². The van der Waals surface area contributed by atoms with Crippen LogP contribution in [0.25, 0.3) is 11.0 Å². The Morgan fingerprint density at radius 2 is 2.12 bits per heavy atom. The smallest absolute Gasteiger partial charge is 0.228 e. The van der Waals surface area contributed by atoms with Crippen molar-refractivity contribution >= 4 is 36.8 Å². The Labute approximate surface area is 108 Å². The zero-order valence-corrected chi connectivity index (χ0v) is 11.6. The van der Waals surface area contributed by atoms with Crippen molar-refractivity contribution in [2.75, 3.05) is 6.26 Å². The maximum atomic E-state index is 11.7. The first-order chi connectivity index (χ1) is 7.89. The van der Waals surface area contributed by atoms with Crippen molar-refractivity contribution in [3.63, 3.8) is 0 Å². The van der Waals surface area contributed by atoms with Crippen molar-refractivity contribution < 1.29 is 8.42 Å². The zero-order chi connectivity index (χ0) is 12.6. The molecule has 0 saturated heterocycles. The summed E-state index contributed by atoms with van der Waals surface area (Å²) in [5, 5.41) is 0.0688. The van der Waals surface area contributed by atoms with Crippen LogP contribution in [-0.2, 0) is 16.4 Å². The van der Waals surface area contributed by atoms with Gasteiger partial charge in [-0.05, 0) is 12.1 Å². The molecule has 0 aliphatic rings. The average Bonchev–Trinajstić information content (AvgIpc) is 2.56. The van der Waals surface area contributed by atoms with Crippen molar-refractivity contribution in [3.05, 3.63) is 35.3 Å². The lowest BCUT2D eigenvalue weighted by Crippen LogP contribution is -2.09. The molecule has 0 bridgehead atoms. The fraction of sp³-hybridized carbons (Fsp3) is 0.182. The number of nitrogens with zero attached hydrogens (tertiary/aromatic N) is 2. The number of hydrogen-bond donors (Lipinski definition) is 0. The van der Waals surface area contributed by atoms with Crippen molar-refractivity contribution in [3.8, 4) is 0 Å². The molecule has 0 spiro atoms. The summed E-state index contributed by atoms with van der Waals surface area (Å²) >= 11 is 3.24. The molecule has 0 saturated carbocycles. The van der Waals surface area contributed by atoms with E-state index in [1.807, 2.05) is 18.2 Å². The van der Waals surface area contributed by atoms with Crippen LogP contribution in [-0.4, -0.2) is 24.2 Å². The maximum absolute atomic E-state index is 11.7. The molecule has 2 aromatic rings. The normalized spacial score (nSPS) is 11.9. The Morgan fingerprint density at radius 1 is 1.47 bits per heavy atom. The number of benzene rings is 1. The van der Waals surface area contributed by atoms with Gasteiger partial charge in [-0.2, -0.15) is 0 Å². The standard InChI is InChI=1S/C11H11BrN2O2S/c1-8(12)7-14-10-6-4-3-5-9(10)13-11(14)17(2,15)16/h3-6H,1,7H2,2H3. The number of halogens is 1. The predicted molar refractivity (Wildman–Crippen MR) is 70.9 cm³/mol. The van der Waals surface area contributed by atoms with E-state index >= 15 is 0 Å². The van der Waals surface area contributed by atoms with Gasteiger partial charge in [-0.3, -0.25) is 0 Å². The molecular weight excluding hydrogens is 304 g/mol. The van der Waals surface area contributed by atoms with E-state index in [0.717, 1.165) is 11.8 Å². The molecule has 0 fully saturated rings. The molecule has 0 aliphatic heterocycles. The molecule has 0 N–H and O–H groups in total. The monoisotopic (exact) mass is 314 g/mol. The van der Waals surface area contributed by atoms with Gasteiger partial charge >= 0.3 is 0 Å². The Hall–Kier alpha value is -1.14. The third-order valence-electron chi connectivity index (χ3n) is 2.28. The minimum Gasteiger partial charge on any atom is -0.310 e. The molecule has 1 heterocycles. The number of hydrogen-bond acceptors (Lipinski definition) is 3. The van der Waals surface area contributed by atoms with Gasteiger partial charge in [0.1, 0.15) is 0 Å². The average molecular weight is 315 g/mol. The molecule has 0 unspecified atom stereocenters. The van der Waals surface area contributed by atoms with Crippen molar-refractivity contribution in [1.82, 2.24) is 9.55 Å². The van der Waals surface area contributed by atoms with Crippen molar-refractivity contribution in [2.24, 2.45) is 0 Å². The van der Waals surface area contributed by atoms with E-state index in [-0.39, 0.29) is 5.16 Å². The summed E-state index contributed by atoms with van der Waals surface area (Å²) in [7, 11) is -3.35. The van der Waals surface area contributed by atoms with E-state index in [1.54, 1.807) is 10.6 Å². The van der Waals surface area contributed by atoms with Crippen LogP contribution in [0, 0.1) is 0 Å². The van der Waals surface area contributed by atoms with Crippen LogP contribution in [0.4, 0.5) is 0 Å². The fourth-order valence-corrected chi connectivity index (χ4v) is 2.74. The molecule has 4 nitrogen and oxygen atoms in total. The van der Waals surface area contributed by atoms with Crippen molar-refractivity contribution in [1.29, 1.82) is 0 Å². The van der Waals surface area contributed by atoms with Crippen molar-refractivity contribution in [2.45, 2.75) is 11.7 Å². The van der Waals surface area contributed by atoms with Crippen LogP contribution in [0.2, 0.25) is 0 Å². The number of rotatable bonds is 3. The lowest BCUT2D eigenvalue weighted by Gasteiger charge is -2.06. The van der Waals surface area contributed by atoms with E-state index < -0.39 is 9.84 Å². The topological polar surface area (TPSA) is 52.0 Å². The second-order valence-corrected chi connectivity index (χ2v) is 6.79. The minimum absolute atomic E-state index is 0.0688.